The highest BCUT2D eigenvalue weighted by Crippen LogP contribution is 2.40. The summed E-state index contributed by atoms with van der Waals surface area (Å²) in [4.78, 5) is 15.6. The lowest BCUT2D eigenvalue weighted by molar-refractivity contribution is 0.669. The molecule has 0 amide bonds. The summed E-state index contributed by atoms with van der Waals surface area (Å²) in [5.74, 6) is 1.76. The Kier molecular flexibility index (Phi) is 7.14. The molecule has 0 saturated heterocycles. The molecule has 256 valence electrons. The van der Waals surface area contributed by atoms with E-state index in [4.69, 9.17) is 19.4 Å². The largest absolute Gasteiger partial charge is 0.455 e. The molecular formula is C51H31N3O. The molecule has 0 aliphatic rings. The summed E-state index contributed by atoms with van der Waals surface area (Å²) in [5.41, 5.74) is 8.92. The molecule has 0 atom stereocenters. The van der Waals surface area contributed by atoms with Gasteiger partial charge in [-0.3, -0.25) is 0 Å². The molecule has 4 heteroatoms. The van der Waals surface area contributed by atoms with Gasteiger partial charge in [-0.15, -0.1) is 0 Å². The minimum absolute atomic E-state index is 0.561. The number of aromatic nitrogens is 3. The topological polar surface area (TPSA) is 51.8 Å². The van der Waals surface area contributed by atoms with Crippen LogP contribution in [-0.4, -0.2) is 15.0 Å². The summed E-state index contributed by atoms with van der Waals surface area (Å²) < 4.78 is 6.49. The zero-order valence-corrected chi connectivity index (χ0v) is 29.6. The van der Waals surface area contributed by atoms with E-state index < -0.39 is 0 Å². The van der Waals surface area contributed by atoms with Crippen molar-refractivity contribution in [2.24, 2.45) is 0 Å². The van der Waals surface area contributed by atoms with Crippen molar-refractivity contribution in [2.45, 2.75) is 0 Å². The zero-order chi connectivity index (χ0) is 36.3. The maximum atomic E-state index is 6.49. The van der Waals surface area contributed by atoms with Crippen LogP contribution in [0.4, 0.5) is 0 Å². The molecule has 0 unspecified atom stereocenters. The Bertz CT molecular complexity index is 3270. The van der Waals surface area contributed by atoms with Gasteiger partial charge in [0.2, 0.25) is 0 Å². The number of furan rings is 1. The SMILES string of the molecule is c1ccc2cc(-c3ccc(-c4nc(-c5ccc(-c6cccc7ccccc67)c6ccccc56)nc(-c5cccc6c5oc5ccccc56)n4)cc3)ccc2c1. The molecule has 0 fully saturated rings. The average molecular weight is 702 g/mol. The van der Waals surface area contributed by atoms with Crippen LogP contribution in [0.25, 0.3) is 111 Å². The number of hydrogen-bond donors (Lipinski definition) is 0. The van der Waals surface area contributed by atoms with E-state index in [1.165, 1.54) is 32.7 Å². The van der Waals surface area contributed by atoms with Crippen molar-refractivity contribution in [3.05, 3.63) is 188 Å². The first-order valence-corrected chi connectivity index (χ1v) is 18.5. The first-order chi connectivity index (χ1) is 27.2. The Balaban J connectivity index is 1.10. The summed E-state index contributed by atoms with van der Waals surface area (Å²) in [6.45, 7) is 0. The van der Waals surface area contributed by atoms with Crippen LogP contribution in [0.5, 0.6) is 0 Å². The van der Waals surface area contributed by atoms with E-state index >= 15 is 0 Å². The Hall–Kier alpha value is -7.43. The number of para-hydroxylation sites is 2. The van der Waals surface area contributed by atoms with E-state index in [9.17, 15) is 0 Å². The van der Waals surface area contributed by atoms with E-state index in [0.29, 0.717) is 17.5 Å². The third-order valence-electron chi connectivity index (χ3n) is 10.8. The standard InChI is InChI=1S/C51H31N3O/c1-2-13-36-31-37(28-25-32(36)11-1)33-23-26-35(27-24-33)49-52-50(54-51(53-49)46-21-10-20-44-43-18-7-8-22-47(43)55-48(44)46)45-30-29-42(40-16-5-6-17-41(40)45)39-19-9-14-34-12-3-4-15-38(34)39/h1-31H. The zero-order valence-electron chi connectivity index (χ0n) is 29.6. The second kappa shape index (κ2) is 12.6. The van der Waals surface area contributed by atoms with Crippen molar-refractivity contribution in [3.8, 4) is 56.4 Å². The molecule has 0 radical (unpaired) electrons. The molecule has 9 aromatic carbocycles. The maximum Gasteiger partial charge on any atom is 0.167 e. The smallest absolute Gasteiger partial charge is 0.167 e. The van der Waals surface area contributed by atoms with Gasteiger partial charge in [0.1, 0.15) is 11.2 Å². The number of nitrogens with zero attached hydrogens (tertiary/aromatic N) is 3. The molecule has 2 aromatic heterocycles. The summed E-state index contributed by atoms with van der Waals surface area (Å²) in [6, 6.07) is 65.9. The Morgan fingerprint density at radius 3 is 1.65 bits per heavy atom. The molecule has 0 saturated carbocycles. The van der Waals surface area contributed by atoms with Gasteiger partial charge in [0.15, 0.2) is 17.5 Å². The number of fused-ring (bicyclic) bond motifs is 6. The van der Waals surface area contributed by atoms with Gasteiger partial charge >= 0.3 is 0 Å². The average Bonchev–Trinajstić information content (AvgIpc) is 3.65. The van der Waals surface area contributed by atoms with Gasteiger partial charge in [-0.1, -0.05) is 164 Å². The van der Waals surface area contributed by atoms with Crippen molar-refractivity contribution >= 4 is 54.3 Å². The van der Waals surface area contributed by atoms with Gasteiger partial charge in [-0.05, 0) is 78.8 Å². The fourth-order valence-electron chi connectivity index (χ4n) is 8.04. The summed E-state index contributed by atoms with van der Waals surface area (Å²) in [7, 11) is 0. The van der Waals surface area contributed by atoms with Gasteiger partial charge in [0.05, 0.1) is 5.56 Å². The van der Waals surface area contributed by atoms with Crippen LogP contribution >= 0.6 is 0 Å². The van der Waals surface area contributed by atoms with Gasteiger partial charge in [-0.2, -0.15) is 0 Å². The lowest BCUT2D eigenvalue weighted by Gasteiger charge is -2.14. The molecule has 0 N–H and O–H groups in total. The van der Waals surface area contributed by atoms with E-state index in [-0.39, 0.29) is 0 Å². The van der Waals surface area contributed by atoms with Crippen LogP contribution in [0.1, 0.15) is 0 Å². The fraction of sp³-hybridized carbons (Fsp3) is 0. The molecule has 0 bridgehead atoms. The normalized spacial score (nSPS) is 11.6. The molecule has 11 aromatic rings. The highest BCUT2D eigenvalue weighted by Gasteiger charge is 2.20. The third-order valence-corrected chi connectivity index (χ3v) is 10.8. The van der Waals surface area contributed by atoms with Gasteiger partial charge in [0, 0.05) is 21.9 Å². The molecular weight excluding hydrogens is 671 g/mol. The number of hydrogen-bond acceptors (Lipinski definition) is 4. The predicted octanol–water partition coefficient (Wildman–Crippen LogP) is 13.6. The van der Waals surface area contributed by atoms with Crippen molar-refractivity contribution in [3.63, 3.8) is 0 Å². The quantitative estimate of drug-likeness (QED) is 0.179. The molecule has 2 heterocycles. The number of rotatable bonds is 5. The summed E-state index contributed by atoms with van der Waals surface area (Å²) in [5, 5.41) is 9.18. The van der Waals surface area contributed by atoms with Gasteiger partial charge in [0.25, 0.3) is 0 Å². The Labute approximate surface area is 317 Å². The molecule has 0 aliphatic heterocycles. The predicted molar refractivity (Wildman–Crippen MR) is 227 cm³/mol. The first-order valence-electron chi connectivity index (χ1n) is 18.5. The second-order valence-electron chi connectivity index (χ2n) is 14.0. The number of benzene rings is 9. The highest BCUT2D eigenvalue weighted by molar-refractivity contribution is 6.10. The Morgan fingerprint density at radius 1 is 0.291 bits per heavy atom. The molecule has 4 nitrogen and oxygen atoms in total. The third kappa shape index (κ3) is 5.26. The monoisotopic (exact) mass is 701 g/mol. The lowest BCUT2D eigenvalue weighted by atomic mass is 9.92. The van der Waals surface area contributed by atoms with Crippen LogP contribution < -0.4 is 0 Å². The van der Waals surface area contributed by atoms with E-state index in [1.54, 1.807) is 0 Å². The molecule has 0 spiro atoms. The minimum atomic E-state index is 0.561. The van der Waals surface area contributed by atoms with Crippen LogP contribution in [0.3, 0.4) is 0 Å². The maximum absolute atomic E-state index is 6.49. The van der Waals surface area contributed by atoms with Gasteiger partial charge in [-0.25, -0.2) is 15.0 Å². The highest BCUT2D eigenvalue weighted by atomic mass is 16.3. The molecule has 11 rings (SSSR count). The molecule has 55 heavy (non-hydrogen) atoms. The fourth-order valence-corrected chi connectivity index (χ4v) is 8.04. The van der Waals surface area contributed by atoms with Crippen LogP contribution in [0, 0.1) is 0 Å². The van der Waals surface area contributed by atoms with Crippen LogP contribution in [0.2, 0.25) is 0 Å². The van der Waals surface area contributed by atoms with E-state index in [1.807, 2.05) is 24.3 Å². The lowest BCUT2D eigenvalue weighted by Crippen LogP contribution is -2.01. The first kappa shape index (κ1) is 31.1. The van der Waals surface area contributed by atoms with E-state index in [0.717, 1.165) is 60.5 Å². The van der Waals surface area contributed by atoms with Crippen molar-refractivity contribution < 1.29 is 4.42 Å². The summed E-state index contributed by atoms with van der Waals surface area (Å²) in [6.07, 6.45) is 0. The van der Waals surface area contributed by atoms with Crippen molar-refractivity contribution in [2.75, 3.05) is 0 Å². The minimum Gasteiger partial charge on any atom is -0.455 e. The van der Waals surface area contributed by atoms with Crippen LogP contribution in [-0.2, 0) is 0 Å². The van der Waals surface area contributed by atoms with Crippen molar-refractivity contribution in [1.29, 1.82) is 0 Å². The summed E-state index contributed by atoms with van der Waals surface area (Å²) >= 11 is 0. The van der Waals surface area contributed by atoms with Crippen molar-refractivity contribution in [1.82, 2.24) is 15.0 Å². The van der Waals surface area contributed by atoms with Crippen LogP contribution in [0.15, 0.2) is 192 Å². The second-order valence-corrected chi connectivity index (χ2v) is 14.0. The van der Waals surface area contributed by atoms with Gasteiger partial charge < -0.3 is 4.42 Å². The molecule has 0 aliphatic carbocycles. The Morgan fingerprint density at radius 2 is 0.818 bits per heavy atom. The van der Waals surface area contributed by atoms with E-state index in [2.05, 4.69) is 164 Å².